The molecule has 0 spiro atoms. The lowest BCUT2D eigenvalue weighted by molar-refractivity contribution is -0.0583. The highest BCUT2D eigenvalue weighted by Crippen LogP contribution is 2.54. The van der Waals surface area contributed by atoms with Crippen molar-refractivity contribution in [3.63, 3.8) is 0 Å². The van der Waals surface area contributed by atoms with E-state index in [0.717, 1.165) is 0 Å². The van der Waals surface area contributed by atoms with Gasteiger partial charge in [-0.3, -0.25) is 27.9 Å². The number of imidazole rings is 2. The Bertz CT molecular complexity index is 2430. The van der Waals surface area contributed by atoms with Crippen molar-refractivity contribution >= 4 is 76.9 Å². The monoisotopic (exact) mass is 850 g/mol. The summed E-state index contributed by atoms with van der Waals surface area (Å²) >= 11 is 10.5. The Kier molecular flexibility index (Phi) is 10.00. The number of hydrogen-bond donors (Lipinski definition) is 3. The van der Waals surface area contributed by atoms with Gasteiger partial charge in [-0.15, -0.1) is 0 Å². The summed E-state index contributed by atoms with van der Waals surface area (Å²) in [5.74, 6) is 0.0258. The zero-order valence-electron chi connectivity index (χ0n) is 28.5. The Morgan fingerprint density at radius 2 is 1.36 bits per heavy atom. The number of aromatic nitrogens is 8. The van der Waals surface area contributed by atoms with Crippen LogP contribution < -0.4 is 10.2 Å². The molecule has 5 aliphatic rings. The molecule has 1 amide bonds. The third-order valence-corrected chi connectivity index (χ3v) is 12.6. The SMILES string of the molecule is O=C(c1ccccc1)N1C/C=C\CNc2ncnc3c2ncn3[C@@H]2O[C@@H]3COP(O)(=S)O[C@H]4[C@@H](F)[C@@H](O[C@@H]4COP(O)(=S)O[C@H]3[C@H]2F)n2cnc3c1ncnc32. The lowest BCUT2D eigenvalue weighted by atomic mass is 10.1. The van der Waals surface area contributed by atoms with Gasteiger partial charge in [0.1, 0.15) is 37.1 Å². The molecule has 3 saturated heterocycles. The van der Waals surface area contributed by atoms with Crippen LogP contribution in [0.2, 0.25) is 0 Å². The van der Waals surface area contributed by atoms with E-state index in [1.807, 2.05) is 0 Å². The van der Waals surface area contributed by atoms with Crippen LogP contribution >= 0.6 is 13.4 Å². The Balaban J connectivity index is 1.16. The maximum absolute atomic E-state index is 16.6. The van der Waals surface area contributed by atoms with Crippen LogP contribution in [0.15, 0.2) is 67.8 Å². The number of anilines is 2. The molecule has 25 heteroatoms. The number of rotatable bonds is 1. The van der Waals surface area contributed by atoms with Gasteiger partial charge >= 0.3 is 13.4 Å². The minimum absolute atomic E-state index is 0.0265. The number of halogens is 2. The van der Waals surface area contributed by atoms with Gasteiger partial charge in [-0.05, 0) is 35.7 Å². The average Bonchev–Trinajstić information content (AvgIpc) is 3.95. The number of nitrogens with zero attached hydrogens (tertiary/aromatic N) is 9. The van der Waals surface area contributed by atoms with Gasteiger partial charge in [0.05, 0.1) is 25.9 Å². The second-order valence-corrected chi connectivity index (χ2v) is 18.5. The van der Waals surface area contributed by atoms with E-state index in [4.69, 9.17) is 51.2 Å². The van der Waals surface area contributed by atoms with Crippen LogP contribution in [-0.2, 0) is 51.2 Å². The molecule has 9 heterocycles. The van der Waals surface area contributed by atoms with Crippen LogP contribution in [0, 0.1) is 0 Å². The summed E-state index contributed by atoms with van der Waals surface area (Å²) in [5.41, 5.74) is 1.04. The molecule has 56 heavy (non-hydrogen) atoms. The molecule has 14 bridgehead atoms. The lowest BCUT2D eigenvalue weighted by Crippen LogP contribution is -2.37. The number of nitrogens with one attached hydrogen (secondary N) is 1. The Hall–Kier alpha value is -3.83. The number of ether oxygens (including phenoxy) is 2. The molecule has 294 valence electrons. The highest BCUT2D eigenvalue weighted by Gasteiger charge is 2.54. The predicted molar refractivity (Wildman–Crippen MR) is 199 cm³/mol. The van der Waals surface area contributed by atoms with Crippen molar-refractivity contribution < 1.29 is 50.9 Å². The van der Waals surface area contributed by atoms with E-state index >= 15 is 8.78 Å². The topological polar surface area (TPSA) is 215 Å². The fraction of sp³-hybridized carbons (Fsp3) is 0.387. The Labute approximate surface area is 325 Å². The molecule has 3 N–H and O–H groups in total. The van der Waals surface area contributed by atoms with E-state index in [1.54, 1.807) is 42.5 Å². The molecule has 2 unspecified atom stereocenters. The van der Waals surface area contributed by atoms with Crippen LogP contribution in [0.4, 0.5) is 20.4 Å². The molecule has 10 rings (SSSR count). The van der Waals surface area contributed by atoms with Crippen molar-refractivity contribution in [3.8, 4) is 0 Å². The van der Waals surface area contributed by atoms with Gasteiger partial charge in [-0.25, -0.2) is 38.7 Å². The van der Waals surface area contributed by atoms with Crippen molar-refractivity contribution in [1.29, 1.82) is 0 Å². The molecule has 0 aliphatic carbocycles. The van der Waals surface area contributed by atoms with Gasteiger partial charge in [-0.1, -0.05) is 30.4 Å². The first kappa shape index (κ1) is 37.7. The van der Waals surface area contributed by atoms with Crippen molar-refractivity contribution in [2.45, 2.75) is 49.2 Å². The molecule has 10 atom stereocenters. The molecule has 0 saturated carbocycles. The van der Waals surface area contributed by atoms with E-state index in [-0.39, 0.29) is 41.2 Å². The highest BCUT2D eigenvalue weighted by molar-refractivity contribution is 8.07. The largest absolute Gasteiger partial charge is 0.365 e. The predicted octanol–water partition coefficient (Wildman–Crippen LogP) is 3.02. The van der Waals surface area contributed by atoms with Crippen LogP contribution in [0.5, 0.6) is 0 Å². The molecular weight excluding hydrogens is 820 g/mol. The Morgan fingerprint density at radius 3 is 1.98 bits per heavy atom. The molecule has 5 aliphatic heterocycles. The third kappa shape index (κ3) is 6.94. The summed E-state index contributed by atoms with van der Waals surface area (Å²) in [6.07, 6.45) is -4.48. The third-order valence-electron chi connectivity index (χ3n) is 9.46. The first-order valence-electron chi connectivity index (χ1n) is 17.0. The normalized spacial score (nSPS) is 34.3. The smallest absolute Gasteiger partial charge is 0.325 e. The minimum Gasteiger partial charge on any atom is -0.365 e. The highest BCUT2D eigenvalue weighted by atomic mass is 32.5. The lowest BCUT2D eigenvalue weighted by Gasteiger charge is -2.29. The van der Waals surface area contributed by atoms with E-state index in [1.165, 1.54) is 39.3 Å². The maximum atomic E-state index is 16.6. The van der Waals surface area contributed by atoms with Crippen molar-refractivity contribution in [2.24, 2.45) is 0 Å². The van der Waals surface area contributed by atoms with Crippen LogP contribution in [0.1, 0.15) is 22.8 Å². The number of carbonyl (C=O) groups is 1. The summed E-state index contributed by atoms with van der Waals surface area (Å²) in [6, 6.07) is 8.54. The zero-order valence-corrected chi connectivity index (χ0v) is 32.0. The van der Waals surface area contributed by atoms with Gasteiger partial charge in [0.2, 0.25) is 0 Å². The first-order valence-corrected chi connectivity index (χ1v) is 22.2. The first-order chi connectivity index (χ1) is 27.0. The minimum atomic E-state index is -4.32. The van der Waals surface area contributed by atoms with Crippen molar-refractivity contribution in [1.82, 2.24) is 39.0 Å². The summed E-state index contributed by atoms with van der Waals surface area (Å²) < 4.78 is 70.3. The molecule has 3 fully saturated rings. The number of alkyl halides is 2. The second kappa shape index (κ2) is 14.8. The number of amides is 1. The fourth-order valence-corrected chi connectivity index (χ4v) is 9.74. The summed E-state index contributed by atoms with van der Waals surface area (Å²) in [5, 5.41) is 3.15. The van der Waals surface area contributed by atoms with Crippen molar-refractivity contribution in [2.75, 3.05) is 36.5 Å². The fourth-order valence-electron chi connectivity index (χ4n) is 6.87. The van der Waals surface area contributed by atoms with E-state index in [0.29, 0.717) is 11.4 Å². The number of benzene rings is 1. The molecule has 5 aromatic rings. The average molecular weight is 851 g/mol. The zero-order chi connectivity index (χ0) is 38.8. The van der Waals surface area contributed by atoms with Gasteiger partial charge in [0.15, 0.2) is 58.8 Å². The van der Waals surface area contributed by atoms with Gasteiger partial charge in [0.25, 0.3) is 5.91 Å². The van der Waals surface area contributed by atoms with Crippen LogP contribution in [0.3, 0.4) is 0 Å². The van der Waals surface area contributed by atoms with Crippen LogP contribution in [-0.4, -0.2) is 118 Å². The molecule has 4 aromatic heterocycles. The number of fused-ring (bicyclic) bond motifs is 10. The standard InChI is InChI=1S/C31H30F2N10O9P2S2/c32-19-23-17-10-47-54(46,56)52-24-18(11-48-53(45,55)51-23)50-31(20(24)33)43-15-40-22-27(37-13-38-28(22)43)41(29(44)16-6-2-1-3-7-16)9-5-4-8-34-25-21-26(36-12-35-25)42(14-39-21)30(19)49-17/h1-7,12-15,17-20,23-24,30-31H,8-11H2,(H,45,55)(H,46,56)(H,34,35,36)/b5-4-/t17-,18-,19-,20-,23-,24-,30-,31-,53?,54?/m1/s1. The summed E-state index contributed by atoms with van der Waals surface area (Å²) in [6.45, 7) is -9.64. The number of hydrogen-bond acceptors (Lipinski definition) is 16. The quantitative estimate of drug-likeness (QED) is 0.163. The number of carbonyl (C=O) groups excluding carboxylic acids is 1. The van der Waals surface area contributed by atoms with Crippen molar-refractivity contribution in [3.05, 3.63) is 73.4 Å². The van der Waals surface area contributed by atoms with Gasteiger partial charge < -0.3 is 33.6 Å². The molecular formula is C31H30F2N10O9P2S2. The summed E-state index contributed by atoms with van der Waals surface area (Å²) in [7, 11) is 0. The second-order valence-electron chi connectivity index (χ2n) is 12.9. The van der Waals surface area contributed by atoms with Crippen LogP contribution in [0.25, 0.3) is 22.3 Å². The molecule has 1 aromatic carbocycles. The van der Waals surface area contributed by atoms with E-state index < -0.39 is 81.8 Å². The van der Waals surface area contributed by atoms with E-state index in [9.17, 15) is 14.6 Å². The molecule has 0 radical (unpaired) electrons. The maximum Gasteiger partial charge on any atom is 0.325 e. The van der Waals surface area contributed by atoms with Gasteiger partial charge in [-0.2, -0.15) is 0 Å². The van der Waals surface area contributed by atoms with Gasteiger partial charge in [0, 0.05) is 18.7 Å². The molecule has 19 nitrogen and oxygen atoms in total. The Morgan fingerprint density at radius 1 is 0.786 bits per heavy atom. The van der Waals surface area contributed by atoms with E-state index in [2.05, 4.69) is 35.2 Å². The summed E-state index contributed by atoms with van der Waals surface area (Å²) in [4.78, 5) is 64.0.